The highest BCUT2D eigenvalue weighted by molar-refractivity contribution is 5.74. The van der Waals surface area contributed by atoms with E-state index in [9.17, 15) is 13.6 Å². The van der Waals surface area contributed by atoms with Crippen LogP contribution < -0.4 is 10.6 Å². The molecule has 1 saturated carbocycles. The van der Waals surface area contributed by atoms with E-state index in [1.807, 2.05) is 0 Å². The van der Waals surface area contributed by atoms with Crippen LogP contribution in [0.15, 0.2) is 0 Å². The zero-order valence-corrected chi connectivity index (χ0v) is 8.44. The maximum Gasteiger partial charge on any atom is 0.315 e. The molecule has 0 saturated heterocycles. The van der Waals surface area contributed by atoms with Gasteiger partial charge in [-0.3, -0.25) is 0 Å². The number of alkyl halides is 2. The fraction of sp³-hybridized carbons (Fsp3) is 0.889. The molecule has 1 aliphatic carbocycles. The summed E-state index contributed by atoms with van der Waals surface area (Å²) in [5, 5.41) is 4.85. The Bertz CT molecular complexity index is 211. The quantitative estimate of drug-likeness (QED) is 0.727. The summed E-state index contributed by atoms with van der Waals surface area (Å²) >= 11 is 0. The Morgan fingerprint density at radius 2 is 2.07 bits per heavy atom. The van der Waals surface area contributed by atoms with Crippen molar-refractivity contribution >= 4 is 6.03 Å². The van der Waals surface area contributed by atoms with Crippen LogP contribution in [-0.4, -0.2) is 24.0 Å². The van der Waals surface area contributed by atoms with Crippen molar-refractivity contribution in [2.24, 2.45) is 0 Å². The molecule has 2 N–H and O–H groups in total. The number of amides is 2. The van der Waals surface area contributed by atoms with Crippen molar-refractivity contribution in [3.63, 3.8) is 0 Å². The van der Waals surface area contributed by atoms with E-state index in [4.69, 9.17) is 0 Å². The highest BCUT2D eigenvalue weighted by Gasteiger charge is 2.31. The molecule has 1 fully saturated rings. The Morgan fingerprint density at radius 1 is 1.50 bits per heavy atom. The van der Waals surface area contributed by atoms with Crippen LogP contribution in [0.5, 0.6) is 0 Å². The van der Waals surface area contributed by atoms with Crippen LogP contribution in [0.3, 0.4) is 0 Å². The van der Waals surface area contributed by atoms with E-state index in [0.717, 1.165) is 26.2 Å². The van der Waals surface area contributed by atoms with Crippen LogP contribution in [0.2, 0.25) is 0 Å². The van der Waals surface area contributed by atoms with Gasteiger partial charge < -0.3 is 10.6 Å². The molecule has 14 heavy (non-hydrogen) atoms. The lowest BCUT2D eigenvalue weighted by Crippen LogP contribution is -2.51. The molecule has 0 radical (unpaired) electrons. The lowest BCUT2D eigenvalue weighted by molar-refractivity contribution is -0.00858. The van der Waals surface area contributed by atoms with E-state index < -0.39 is 18.0 Å². The number of nitrogens with one attached hydrogen (secondary N) is 2. The van der Waals surface area contributed by atoms with Gasteiger partial charge in [-0.2, -0.15) is 0 Å². The molecule has 82 valence electrons. The first kappa shape index (κ1) is 11.2. The van der Waals surface area contributed by atoms with E-state index in [2.05, 4.69) is 10.6 Å². The predicted octanol–water partition coefficient (Wildman–Crippen LogP) is 1.88. The molecule has 1 rings (SSSR count). The summed E-state index contributed by atoms with van der Waals surface area (Å²) in [5.41, 5.74) is 0. The fourth-order valence-corrected chi connectivity index (χ4v) is 1.10. The number of halogens is 2. The number of rotatable bonds is 3. The van der Waals surface area contributed by atoms with Crippen LogP contribution in [-0.2, 0) is 0 Å². The largest absolute Gasteiger partial charge is 0.335 e. The van der Waals surface area contributed by atoms with Crippen LogP contribution in [0, 0.1) is 0 Å². The summed E-state index contributed by atoms with van der Waals surface area (Å²) in [6.45, 7) is 2.08. The minimum absolute atomic E-state index is 0.174. The van der Waals surface area contributed by atoms with Gasteiger partial charge in [0.2, 0.25) is 0 Å². The SMILES string of the molecule is CC(NC(=O)NC1CCC1)C(C)(F)F. The first-order valence-corrected chi connectivity index (χ1v) is 4.84. The number of carbonyl (C=O) groups excluding carboxylic acids is 1. The van der Waals surface area contributed by atoms with Gasteiger partial charge in [-0.1, -0.05) is 0 Å². The standard InChI is InChI=1S/C9H16F2N2O/c1-6(9(2,10)11)12-8(14)13-7-4-3-5-7/h6-7H,3-5H2,1-2H3,(H2,12,13,14). The van der Waals surface area contributed by atoms with Crippen molar-refractivity contribution < 1.29 is 13.6 Å². The average molecular weight is 206 g/mol. The zero-order valence-electron chi connectivity index (χ0n) is 8.44. The van der Waals surface area contributed by atoms with Gasteiger partial charge in [0.15, 0.2) is 0 Å². The Morgan fingerprint density at radius 3 is 2.43 bits per heavy atom. The molecule has 1 atom stereocenters. The van der Waals surface area contributed by atoms with Crippen molar-refractivity contribution in [2.45, 2.75) is 51.1 Å². The van der Waals surface area contributed by atoms with E-state index in [1.54, 1.807) is 0 Å². The second kappa shape index (κ2) is 4.11. The van der Waals surface area contributed by atoms with Crippen molar-refractivity contribution in [3.05, 3.63) is 0 Å². The van der Waals surface area contributed by atoms with Crippen LogP contribution in [0.4, 0.5) is 13.6 Å². The molecule has 0 aromatic carbocycles. The highest BCUT2D eigenvalue weighted by Crippen LogP contribution is 2.19. The number of carbonyl (C=O) groups is 1. The summed E-state index contributed by atoms with van der Waals surface area (Å²) < 4.78 is 25.3. The second-order valence-corrected chi connectivity index (χ2v) is 3.92. The summed E-state index contributed by atoms with van der Waals surface area (Å²) in [7, 11) is 0. The molecule has 0 heterocycles. The van der Waals surface area contributed by atoms with Crippen molar-refractivity contribution in [1.29, 1.82) is 0 Å². The molecular weight excluding hydrogens is 190 g/mol. The van der Waals surface area contributed by atoms with Crippen molar-refractivity contribution in [3.8, 4) is 0 Å². The van der Waals surface area contributed by atoms with Gasteiger partial charge in [-0.25, -0.2) is 13.6 Å². The molecule has 1 aliphatic rings. The molecule has 2 amide bonds. The Kier molecular flexibility index (Phi) is 3.29. The molecular formula is C9H16F2N2O. The maximum atomic E-state index is 12.7. The third-order valence-corrected chi connectivity index (χ3v) is 2.55. The van der Waals surface area contributed by atoms with Gasteiger partial charge in [0.1, 0.15) is 0 Å². The third-order valence-electron chi connectivity index (χ3n) is 2.55. The van der Waals surface area contributed by atoms with Crippen molar-refractivity contribution in [1.82, 2.24) is 10.6 Å². The minimum Gasteiger partial charge on any atom is -0.335 e. The van der Waals surface area contributed by atoms with Crippen LogP contribution in [0.1, 0.15) is 33.1 Å². The number of hydrogen-bond donors (Lipinski definition) is 2. The molecule has 0 aromatic heterocycles. The highest BCUT2D eigenvalue weighted by atomic mass is 19.3. The minimum atomic E-state index is -2.88. The molecule has 0 spiro atoms. The normalized spacial score (nSPS) is 19.7. The molecule has 1 unspecified atom stereocenters. The summed E-state index contributed by atoms with van der Waals surface area (Å²) in [6.07, 6.45) is 3.00. The molecule has 0 bridgehead atoms. The van der Waals surface area contributed by atoms with Gasteiger partial charge in [0.25, 0.3) is 5.92 Å². The second-order valence-electron chi connectivity index (χ2n) is 3.92. The van der Waals surface area contributed by atoms with Gasteiger partial charge >= 0.3 is 6.03 Å². The van der Waals surface area contributed by atoms with Gasteiger partial charge in [-0.05, 0) is 26.2 Å². The smallest absolute Gasteiger partial charge is 0.315 e. The average Bonchev–Trinajstić information content (AvgIpc) is 1.95. The van der Waals surface area contributed by atoms with E-state index in [-0.39, 0.29) is 6.04 Å². The third kappa shape index (κ3) is 3.12. The first-order valence-electron chi connectivity index (χ1n) is 4.84. The zero-order chi connectivity index (χ0) is 10.8. The monoisotopic (exact) mass is 206 g/mol. The topological polar surface area (TPSA) is 41.1 Å². The van der Waals surface area contributed by atoms with Gasteiger partial charge in [0.05, 0.1) is 6.04 Å². The van der Waals surface area contributed by atoms with E-state index in [0.29, 0.717) is 0 Å². The van der Waals surface area contributed by atoms with E-state index in [1.165, 1.54) is 6.92 Å². The Balaban J connectivity index is 2.25. The lowest BCUT2D eigenvalue weighted by Gasteiger charge is -2.28. The fourth-order valence-electron chi connectivity index (χ4n) is 1.10. The van der Waals surface area contributed by atoms with Gasteiger partial charge in [0, 0.05) is 13.0 Å². The maximum absolute atomic E-state index is 12.7. The number of hydrogen-bond acceptors (Lipinski definition) is 1. The van der Waals surface area contributed by atoms with Crippen LogP contribution >= 0.6 is 0 Å². The molecule has 0 aliphatic heterocycles. The first-order chi connectivity index (χ1) is 6.39. The summed E-state index contributed by atoms with van der Waals surface area (Å²) in [4.78, 5) is 11.1. The Hall–Kier alpha value is -0.870. The molecule has 5 heteroatoms. The predicted molar refractivity (Wildman–Crippen MR) is 49.4 cm³/mol. The Labute approximate surface area is 82.2 Å². The van der Waals surface area contributed by atoms with Gasteiger partial charge in [-0.15, -0.1) is 0 Å². The molecule has 0 aromatic rings. The molecule has 3 nitrogen and oxygen atoms in total. The lowest BCUT2D eigenvalue weighted by atomic mass is 9.93. The summed E-state index contributed by atoms with van der Waals surface area (Å²) in [6, 6.07) is -1.46. The van der Waals surface area contributed by atoms with Crippen molar-refractivity contribution in [2.75, 3.05) is 0 Å². The summed E-state index contributed by atoms with van der Waals surface area (Å²) in [5.74, 6) is -2.88. The number of urea groups is 1. The van der Waals surface area contributed by atoms with E-state index >= 15 is 0 Å². The van der Waals surface area contributed by atoms with Crippen LogP contribution in [0.25, 0.3) is 0 Å².